The Labute approximate surface area is 225 Å². The number of hydrogen-bond donors (Lipinski definition) is 1. The number of carbonyl (C=O) groups is 3. The lowest BCUT2D eigenvalue weighted by Gasteiger charge is -2.31. The van der Waals surface area contributed by atoms with Crippen molar-refractivity contribution in [3.05, 3.63) is 52.0 Å². The van der Waals surface area contributed by atoms with Gasteiger partial charge in [0, 0.05) is 41.9 Å². The maximum Gasteiger partial charge on any atom is 0.338 e. The molecule has 11 heteroatoms. The lowest BCUT2D eigenvalue weighted by atomic mass is 9.98. The molecule has 1 N–H and O–H groups in total. The lowest BCUT2D eigenvalue weighted by Crippen LogP contribution is -2.43. The highest BCUT2D eigenvalue weighted by Crippen LogP contribution is 2.37. The lowest BCUT2D eigenvalue weighted by molar-refractivity contribution is -0.121. The van der Waals surface area contributed by atoms with E-state index in [1.54, 1.807) is 55.1 Å². The van der Waals surface area contributed by atoms with Crippen LogP contribution in [0.1, 0.15) is 49.0 Å². The van der Waals surface area contributed by atoms with Crippen LogP contribution in [-0.2, 0) is 30.8 Å². The van der Waals surface area contributed by atoms with Gasteiger partial charge in [-0.15, -0.1) is 0 Å². The molecule has 0 spiro atoms. The summed E-state index contributed by atoms with van der Waals surface area (Å²) in [6.45, 7) is 4.67. The van der Waals surface area contributed by atoms with Crippen LogP contribution in [-0.4, -0.2) is 56.7 Å². The monoisotopic (exact) mass is 591 g/mol. The Bertz CT molecular complexity index is 1310. The molecule has 0 radical (unpaired) electrons. The van der Waals surface area contributed by atoms with Gasteiger partial charge in [-0.25, -0.2) is 13.2 Å². The maximum atomic E-state index is 13.7. The number of esters is 1. The highest BCUT2D eigenvalue weighted by atomic mass is 79.9. The number of carbonyl (C=O) groups excluding carboxylic acids is 3. The van der Waals surface area contributed by atoms with Gasteiger partial charge in [-0.3, -0.25) is 9.59 Å². The maximum absolute atomic E-state index is 13.7. The summed E-state index contributed by atoms with van der Waals surface area (Å²) in [5.74, 6) is -1.29. The Morgan fingerprint density at radius 1 is 1.11 bits per heavy atom. The number of anilines is 2. The van der Waals surface area contributed by atoms with E-state index in [-0.39, 0.29) is 29.9 Å². The van der Waals surface area contributed by atoms with E-state index in [9.17, 15) is 22.8 Å². The van der Waals surface area contributed by atoms with Crippen molar-refractivity contribution >= 4 is 55.1 Å². The third-order valence-electron chi connectivity index (χ3n) is 6.67. The SMILES string of the molecule is CCOC(=O)c1ccc(NC(=O)[C@@H]2CCCN(S(=O)(=O)c3cc4c(cc3Br)CCN4C(=O)CC)C2)cc1. The van der Waals surface area contributed by atoms with Crippen molar-refractivity contribution in [3.63, 3.8) is 0 Å². The fourth-order valence-corrected chi connectivity index (χ4v) is 7.29. The van der Waals surface area contributed by atoms with E-state index >= 15 is 0 Å². The van der Waals surface area contributed by atoms with Gasteiger partial charge in [0.05, 0.1) is 23.0 Å². The molecule has 0 aliphatic carbocycles. The quantitative estimate of drug-likeness (QED) is 0.487. The first-order chi connectivity index (χ1) is 17.6. The van der Waals surface area contributed by atoms with E-state index in [1.165, 1.54) is 4.31 Å². The number of nitrogens with zero attached hydrogens (tertiary/aromatic N) is 2. The highest BCUT2D eigenvalue weighted by molar-refractivity contribution is 9.10. The summed E-state index contributed by atoms with van der Waals surface area (Å²) in [7, 11) is -3.91. The third-order valence-corrected chi connectivity index (χ3v) is 9.49. The van der Waals surface area contributed by atoms with Gasteiger partial charge in [0.25, 0.3) is 0 Å². The topological polar surface area (TPSA) is 113 Å². The summed E-state index contributed by atoms with van der Waals surface area (Å²) in [6, 6.07) is 9.73. The Morgan fingerprint density at radius 3 is 2.51 bits per heavy atom. The zero-order valence-electron chi connectivity index (χ0n) is 20.8. The number of amides is 2. The van der Waals surface area contributed by atoms with Crippen LogP contribution in [0.5, 0.6) is 0 Å². The molecule has 2 heterocycles. The van der Waals surface area contributed by atoms with E-state index in [1.807, 2.05) is 0 Å². The van der Waals surface area contributed by atoms with Gasteiger partial charge in [0.15, 0.2) is 0 Å². The minimum atomic E-state index is -3.91. The molecule has 1 atom stereocenters. The van der Waals surface area contributed by atoms with Gasteiger partial charge >= 0.3 is 5.97 Å². The number of fused-ring (bicyclic) bond motifs is 1. The Hall–Kier alpha value is -2.76. The van der Waals surface area contributed by atoms with Crippen molar-refractivity contribution in [1.29, 1.82) is 0 Å². The molecule has 1 saturated heterocycles. The first kappa shape index (κ1) is 27.3. The summed E-state index contributed by atoms with van der Waals surface area (Å²) >= 11 is 3.42. The molecular formula is C26H30BrN3O6S. The van der Waals surface area contributed by atoms with Crippen LogP contribution in [0.2, 0.25) is 0 Å². The van der Waals surface area contributed by atoms with Crippen LogP contribution in [0.25, 0.3) is 0 Å². The van der Waals surface area contributed by atoms with Crippen molar-refractivity contribution in [2.24, 2.45) is 5.92 Å². The zero-order valence-corrected chi connectivity index (χ0v) is 23.2. The Kier molecular flexibility index (Phi) is 8.35. The smallest absolute Gasteiger partial charge is 0.338 e. The van der Waals surface area contributed by atoms with Crippen molar-refractivity contribution < 1.29 is 27.5 Å². The minimum Gasteiger partial charge on any atom is -0.462 e. The van der Waals surface area contributed by atoms with Crippen molar-refractivity contribution in [2.45, 2.75) is 44.4 Å². The average molecular weight is 593 g/mol. The van der Waals surface area contributed by atoms with E-state index in [4.69, 9.17) is 4.74 Å². The summed E-state index contributed by atoms with van der Waals surface area (Å²) in [6.07, 6.45) is 2.11. The van der Waals surface area contributed by atoms with Crippen molar-refractivity contribution in [2.75, 3.05) is 36.5 Å². The zero-order chi connectivity index (χ0) is 26.7. The van der Waals surface area contributed by atoms with Crippen LogP contribution < -0.4 is 10.2 Å². The largest absolute Gasteiger partial charge is 0.462 e. The molecule has 0 unspecified atom stereocenters. The number of piperidine rings is 1. The highest BCUT2D eigenvalue weighted by Gasteiger charge is 2.36. The summed E-state index contributed by atoms with van der Waals surface area (Å²) in [5.41, 5.74) is 2.46. The number of ether oxygens (including phenoxy) is 1. The van der Waals surface area contributed by atoms with Crippen LogP contribution >= 0.6 is 15.9 Å². The van der Waals surface area contributed by atoms with Gasteiger partial charge in [0.1, 0.15) is 0 Å². The average Bonchev–Trinajstić information content (AvgIpc) is 3.31. The minimum absolute atomic E-state index is 0.0468. The number of halogens is 1. The van der Waals surface area contributed by atoms with Crippen molar-refractivity contribution in [1.82, 2.24) is 4.31 Å². The predicted molar refractivity (Wildman–Crippen MR) is 143 cm³/mol. The summed E-state index contributed by atoms with van der Waals surface area (Å²) in [5, 5.41) is 2.83. The van der Waals surface area contributed by atoms with E-state index < -0.39 is 21.9 Å². The van der Waals surface area contributed by atoms with Gasteiger partial charge in [-0.1, -0.05) is 6.92 Å². The Balaban J connectivity index is 1.49. The third kappa shape index (κ3) is 5.73. The molecule has 2 amide bonds. The second kappa shape index (κ2) is 11.3. The van der Waals surface area contributed by atoms with Crippen LogP contribution in [0.15, 0.2) is 45.8 Å². The number of benzene rings is 2. The number of nitrogens with one attached hydrogen (secondary N) is 1. The molecule has 0 aromatic heterocycles. The van der Waals surface area contributed by atoms with Crippen molar-refractivity contribution in [3.8, 4) is 0 Å². The molecule has 2 aliphatic heterocycles. The van der Waals surface area contributed by atoms with E-state index in [0.29, 0.717) is 60.2 Å². The fraction of sp³-hybridized carbons (Fsp3) is 0.423. The van der Waals surface area contributed by atoms with E-state index in [0.717, 1.165) is 5.56 Å². The van der Waals surface area contributed by atoms with Gasteiger partial charge in [-0.05, 0) is 84.1 Å². The molecule has 37 heavy (non-hydrogen) atoms. The normalized spacial score (nSPS) is 17.8. The fourth-order valence-electron chi connectivity index (χ4n) is 4.70. The molecule has 198 valence electrons. The second-order valence-corrected chi connectivity index (χ2v) is 11.8. The number of sulfonamides is 1. The molecule has 2 aromatic rings. The second-order valence-electron chi connectivity index (χ2n) is 9.05. The number of rotatable bonds is 7. The summed E-state index contributed by atoms with van der Waals surface area (Å²) < 4.78 is 34.1. The Morgan fingerprint density at radius 2 is 1.84 bits per heavy atom. The van der Waals surface area contributed by atoms with Crippen LogP contribution in [0.3, 0.4) is 0 Å². The van der Waals surface area contributed by atoms with Gasteiger partial charge < -0.3 is 15.0 Å². The summed E-state index contributed by atoms with van der Waals surface area (Å²) in [4.78, 5) is 38.9. The molecule has 1 fully saturated rings. The molecule has 0 saturated carbocycles. The van der Waals surface area contributed by atoms with Crippen LogP contribution in [0.4, 0.5) is 11.4 Å². The van der Waals surface area contributed by atoms with Gasteiger partial charge in [-0.2, -0.15) is 4.31 Å². The standard InChI is InChI=1S/C26H30BrN3O6S/c1-3-24(31)30-13-11-18-14-21(27)23(15-22(18)30)37(34,35)29-12-5-6-19(16-29)25(32)28-20-9-7-17(8-10-20)26(33)36-4-2/h7-10,14-15,19H,3-6,11-13,16H2,1-2H3,(H,28,32)/t19-/m1/s1. The van der Waals surface area contributed by atoms with E-state index in [2.05, 4.69) is 21.2 Å². The first-order valence-corrected chi connectivity index (χ1v) is 14.6. The first-order valence-electron chi connectivity index (χ1n) is 12.4. The molecule has 9 nitrogen and oxygen atoms in total. The van der Waals surface area contributed by atoms with Crippen LogP contribution in [0, 0.1) is 5.92 Å². The van der Waals surface area contributed by atoms with Gasteiger partial charge in [0.2, 0.25) is 21.8 Å². The number of hydrogen-bond acceptors (Lipinski definition) is 6. The molecule has 4 rings (SSSR count). The molecule has 2 aromatic carbocycles. The molecule has 0 bridgehead atoms. The predicted octanol–water partition coefficient (Wildman–Crippen LogP) is 3.96. The molecular weight excluding hydrogens is 562 g/mol. The molecule has 2 aliphatic rings.